The van der Waals surface area contributed by atoms with Crippen LogP contribution in [0.1, 0.15) is 184 Å². The van der Waals surface area contributed by atoms with E-state index in [1.807, 2.05) is 0 Å². The Morgan fingerprint density at radius 2 is 0.712 bits per heavy atom. The SMILES string of the molecule is CCCCCCCCCCCCNC(=O)[C@H](CO)NC(=O)[C@H](CSCCSC[C@H](NC(=O)OC(C)(C)C)C(=O)N[C@@H](CO)C(=O)NCCCCCCCCCCCC)NC(=O)OC(C)(C)C. The average Bonchev–Trinajstić information content (AvgIpc) is 3.24. The zero-order chi connectivity index (χ0) is 49.6. The number of ether oxygens (including phenoxy) is 2. The maximum absolute atomic E-state index is 13.4. The highest BCUT2D eigenvalue weighted by molar-refractivity contribution is 8.03. The van der Waals surface area contributed by atoms with Crippen LogP contribution >= 0.6 is 23.5 Å². The van der Waals surface area contributed by atoms with E-state index in [1.165, 1.54) is 101 Å². The van der Waals surface area contributed by atoms with Crippen molar-refractivity contribution < 1.29 is 48.5 Å². The monoisotopic (exact) mass is 977 g/mol. The lowest BCUT2D eigenvalue weighted by Crippen LogP contribution is -2.56. The summed E-state index contributed by atoms with van der Waals surface area (Å²) in [6.45, 7) is 14.1. The van der Waals surface area contributed by atoms with Crippen molar-refractivity contribution >= 4 is 59.3 Å². The molecule has 0 rings (SSSR count). The number of hydrogen-bond acceptors (Lipinski definition) is 12. The summed E-state index contributed by atoms with van der Waals surface area (Å²) >= 11 is 2.65. The zero-order valence-electron chi connectivity index (χ0n) is 42.1. The van der Waals surface area contributed by atoms with Crippen LogP contribution in [0.4, 0.5) is 9.59 Å². The van der Waals surface area contributed by atoms with Gasteiger partial charge >= 0.3 is 12.2 Å². The summed E-state index contributed by atoms with van der Waals surface area (Å²) in [6.07, 6.45) is 21.5. The molecular formula is C48H92N6O10S2. The molecule has 0 bridgehead atoms. The molecule has 0 aliphatic rings. The predicted octanol–water partition coefficient (Wildman–Crippen LogP) is 7.27. The van der Waals surface area contributed by atoms with Gasteiger partial charge in [-0.2, -0.15) is 23.5 Å². The maximum atomic E-state index is 13.4. The Balaban J connectivity index is 5.23. The summed E-state index contributed by atoms with van der Waals surface area (Å²) < 4.78 is 10.8. The summed E-state index contributed by atoms with van der Waals surface area (Å²) in [7, 11) is 0. The van der Waals surface area contributed by atoms with Gasteiger partial charge in [0.05, 0.1) is 13.2 Å². The minimum absolute atomic E-state index is 0.0937. The Labute approximate surface area is 406 Å². The van der Waals surface area contributed by atoms with E-state index in [4.69, 9.17) is 9.47 Å². The van der Waals surface area contributed by atoms with E-state index in [9.17, 15) is 39.0 Å². The lowest BCUT2D eigenvalue weighted by Gasteiger charge is -2.25. The normalized spacial score (nSPS) is 13.4. The number of unbranched alkanes of at least 4 members (excludes halogenated alkanes) is 18. The molecule has 4 atom stereocenters. The second kappa shape index (κ2) is 38.9. The molecule has 0 aromatic rings. The molecule has 0 saturated heterocycles. The largest absolute Gasteiger partial charge is 0.444 e. The standard InChI is InChI=1S/C48H92N6O10S2/c1-9-11-13-15-17-19-21-23-25-27-29-49-41(57)37(33-55)51-43(59)39(53-45(61)63-47(3,4)5)35-65-31-32-66-36-40(54-46(62)64-48(6,7)8)44(60)52-38(34-56)42(58)50-30-28-26-24-22-20-18-16-14-12-10-2/h37-40,55-56H,9-36H2,1-8H3,(H,49,57)(H,50,58)(H,51,59)(H,52,60)(H,53,61)(H,54,62)/t37-,38-,39-,40-/m0/s1. The fraction of sp³-hybridized carbons (Fsp3) is 0.875. The van der Waals surface area contributed by atoms with E-state index < -0.39 is 84.4 Å². The third-order valence-electron chi connectivity index (χ3n) is 10.2. The molecule has 0 saturated carbocycles. The van der Waals surface area contributed by atoms with Crippen molar-refractivity contribution in [1.82, 2.24) is 31.9 Å². The molecule has 0 aliphatic heterocycles. The highest BCUT2D eigenvalue weighted by Crippen LogP contribution is 2.15. The summed E-state index contributed by atoms with van der Waals surface area (Å²) in [5.74, 6) is -1.28. The van der Waals surface area contributed by atoms with Crippen molar-refractivity contribution in [3.05, 3.63) is 0 Å². The number of aliphatic hydroxyl groups is 2. The van der Waals surface area contributed by atoms with E-state index in [0.29, 0.717) is 24.6 Å². The van der Waals surface area contributed by atoms with E-state index in [1.54, 1.807) is 41.5 Å². The molecular weight excluding hydrogens is 885 g/mol. The van der Waals surface area contributed by atoms with Gasteiger partial charge in [0.25, 0.3) is 0 Å². The van der Waals surface area contributed by atoms with Crippen LogP contribution in [0.15, 0.2) is 0 Å². The molecule has 18 heteroatoms. The van der Waals surface area contributed by atoms with Crippen molar-refractivity contribution in [3.63, 3.8) is 0 Å². The third-order valence-corrected chi connectivity index (χ3v) is 12.6. The molecule has 0 unspecified atom stereocenters. The summed E-state index contributed by atoms with van der Waals surface area (Å²) in [6, 6.07) is -4.66. The van der Waals surface area contributed by atoms with Crippen molar-refractivity contribution in [3.8, 4) is 0 Å². The molecule has 386 valence electrons. The Bertz CT molecular complexity index is 1240. The quantitative estimate of drug-likeness (QED) is 0.0284. The Kier molecular flexibility index (Phi) is 37.2. The summed E-state index contributed by atoms with van der Waals surface area (Å²) in [5.41, 5.74) is -1.67. The number of thioether (sulfide) groups is 2. The minimum Gasteiger partial charge on any atom is -0.444 e. The van der Waals surface area contributed by atoms with E-state index in [0.717, 1.165) is 51.4 Å². The van der Waals surface area contributed by atoms with Crippen molar-refractivity contribution in [2.45, 2.75) is 219 Å². The topological polar surface area (TPSA) is 234 Å². The Morgan fingerprint density at radius 1 is 0.424 bits per heavy atom. The first-order chi connectivity index (χ1) is 31.4. The number of carbonyl (C=O) groups excluding carboxylic acids is 6. The molecule has 0 aliphatic carbocycles. The van der Waals surface area contributed by atoms with Crippen LogP contribution in [0.25, 0.3) is 0 Å². The van der Waals surface area contributed by atoms with Gasteiger partial charge in [0.15, 0.2) is 0 Å². The van der Waals surface area contributed by atoms with Gasteiger partial charge in [0.1, 0.15) is 35.4 Å². The zero-order valence-corrected chi connectivity index (χ0v) is 43.7. The predicted molar refractivity (Wildman–Crippen MR) is 269 cm³/mol. The minimum atomic E-state index is -1.22. The van der Waals surface area contributed by atoms with Gasteiger partial charge in [-0.05, 0) is 54.4 Å². The lowest BCUT2D eigenvalue weighted by atomic mass is 10.1. The van der Waals surface area contributed by atoms with E-state index in [2.05, 4.69) is 45.7 Å². The van der Waals surface area contributed by atoms with E-state index >= 15 is 0 Å². The fourth-order valence-corrected chi connectivity index (χ4v) is 8.83. The van der Waals surface area contributed by atoms with E-state index in [-0.39, 0.29) is 11.5 Å². The molecule has 0 radical (unpaired) electrons. The number of carbonyl (C=O) groups is 6. The van der Waals surface area contributed by atoms with Crippen LogP contribution in [0.5, 0.6) is 0 Å². The first kappa shape index (κ1) is 63.0. The number of alkyl carbamates (subject to hydrolysis) is 2. The average molecular weight is 977 g/mol. The molecule has 6 amide bonds. The summed E-state index contributed by atoms with van der Waals surface area (Å²) in [4.78, 5) is 78.2. The molecule has 0 fully saturated rings. The maximum Gasteiger partial charge on any atom is 0.408 e. The molecule has 0 heterocycles. The van der Waals surface area contributed by atoms with Crippen LogP contribution in [0.2, 0.25) is 0 Å². The van der Waals surface area contributed by atoms with Crippen molar-refractivity contribution in [2.75, 3.05) is 49.3 Å². The number of aliphatic hydroxyl groups excluding tert-OH is 2. The third kappa shape index (κ3) is 36.1. The number of rotatable bonds is 39. The smallest absolute Gasteiger partial charge is 0.408 e. The van der Waals surface area contributed by atoms with Crippen LogP contribution in [0, 0.1) is 0 Å². The van der Waals surface area contributed by atoms with Gasteiger partial charge in [-0.3, -0.25) is 19.2 Å². The first-order valence-electron chi connectivity index (χ1n) is 24.9. The van der Waals surface area contributed by atoms with Crippen LogP contribution in [-0.4, -0.2) is 131 Å². The van der Waals surface area contributed by atoms with Gasteiger partial charge in [-0.1, -0.05) is 129 Å². The van der Waals surface area contributed by atoms with Gasteiger partial charge < -0.3 is 51.6 Å². The molecule has 66 heavy (non-hydrogen) atoms. The molecule has 0 spiro atoms. The van der Waals surface area contributed by atoms with Crippen molar-refractivity contribution in [1.29, 1.82) is 0 Å². The molecule has 0 aromatic carbocycles. The molecule has 16 nitrogen and oxygen atoms in total. The second-order valence-corrected chi connectivity index (χ2v) is 21.3. The van der Waals surface area contributed by atoms with Crippen LogP contribution in [-0.2, 0) is 28.7 Å². The van der Waals surface area contributed by atoms with Gasteiger partial charge in [0, 0.05) is 36.1 Å². The second-order valence-electron chi connectivity index (χ2n) is 19.0. The Morgan fingerprint density at radius 3 is 0.985 bits per heavy atom. The van der Waals surface area contributed by atoms with Crippen LogP contribution in [0.3, 0.4) is 0 Å². The molecule has 0 aromatic heterocycles. The molecule has 8 N–H and O–H groups in total. The Hall–Kier alpha value is -2.96. The first-order valence-corrected chi connectivity index (χ1v) is 27.2. The number of nitrogens with one attached hydrogen (secondary N) is 6. The van der Waals surface area contributed by atoms with Gasteiger partial charge in [-0.15, -0.1) is 0 Å². The number of hydrogen-bond donors (Lipinski definition) is 8. The van der Waals surface area contributed by atoms with Gasteiger partial charge in [0.2, 0.25) is 23.6 Å². The summed E-state index contributed by atoms with van der Waals surface area (Å²) in [5, 5.41) is 35.9. The van der Waals surface area contributed by atoms with Crippen LogP contribution < -0.4 is 31.9 Å². The lowest BCUT2D eigenvalue weighted by molar-refractivity contribution is -0.130. The van der Waals surface area contributed by atoms with Crippen molar-refractivity contribution in [2.24, 2.45) is 0 Å². The van der Waals surface area contributed by atoms with Gasteiger partial charge in [-0.25, -0.2) is 9.59 Å². The fourth-order valence-electron chi connectivity index (χ4n) is 6.61. The highest BCUT2D eigenvalue weighted by Gasteiger charge is 2.30. The number of amides is 6. The highest BCUT2D eigenvalue weighted by atomic mass is 32.2.